The third kappa shape index (κ3) is 13.1. The maximum absolute atomic E-state index is 11.8. The Morgan fingerprint density at radius 2 is 1.41 bits per heavy atom. The molecule has 0 aromatic carbocycles. The highest BCUT2D eigenvalue weighted by molar-refractivity contribution is 5.72. The minimum absolute atomic E-state index is 0.0476. The van der Waals surface area contributed by atoms with E-state index in [1.54, 1.807) is 0 Å². The van der Waals surface area contributed by atoms with Gasteiger partial charge < -0.3 is 14.2 Å². The van der Waals surface area contributed by atoms with Gasteiger partial charge in [0, 0.05) is 6.61 Å². The molecule has 0 rings (SSSR count). The summed E-state index contributed by atoms with van der Waals surface area (Å²) in [7, 11) is 0. The van der Waals surface area contributed by atoms with E-state index in [0.717, 1.165) is 38.7 Å². The first kappa shape index (κ1) is 21.4. The number of hydrogen-bond acceptors (Lipinski definition) is 4. The Kier molecular flexibility index (Phi) is 16.3. The Hall–Kier alpha value is -0.610. The van der Waals surface area contributed by atoms with Crippen LogP contribution < -0.4 is 0 Å². The molecule has 1 atom stereocenters. The van der Waals surface area contributed by atoms with Crippen LogP contribution in [0.3, 0.4) is 0 Å². The van der Waals surface area contributed by atoms with Crippen LogP contribution in [0, 0.1) is 5.92 Å². The van der Waals surface area contributed by atoms with E-state index in [9.17, 15) is 4.79 Å². The van der Waals surface area contributed by atoms with Gasteiger partial charge in [0.25, 0.3) is 0 Å². The molecule has 0 fully saturated rings. The average molecular weight is 316 g/mol. The van der Waals surface area contributed by atoms with Crippen molar-refractivity contribution in [3.05, 3.63) is 0 Å². The van der Waals surface area contributed by atoms with Gasteiger partial charge in [0.05, 0.1) is 25.7 Å². The lowest BCUT2D eigenvalue weighted by Crippen LogP contribution is -2.20. The first-order chi connectivity index (χ1) is 10.8. The third-order valence-corrected chi connectivity index (χ3v) is 3.72. The van der Waals surface area contributed by atoms with E-state index in [4.69, 9.17) is 14.2 Å². The summed E-state index contributed by atoms with van der Waals surface area (Å²) in [6.45, 7) is 9.18. The molecule has 4 heteroatoms. The molecule has 0 aromatic rings. The Morgan fingerprint density at radius 1 is 0.773 bits per heavy atom. The van der Waals surface area contributed by atoms with E-state index in [-0.39, 0.29) is 11.9 Å². The molecular formula is C18H36O4. The second-order valence-corrected chi connectivity index (χ2v) is 5.70. The maximum atomic E-state index is 11.8. The summed E-state index contributed by atoms with van der Waals surface area (Å²) in [5, 5.41) is 0. The molecule has 0 heterocycles. The van der Waals surface area contributed by atoms with Crippen LogP contribution in [-0.4, -0.2) is 39.0 Å². The molecule has 0 N–H and O–H groups in total. The quantitative estimate of drug-likeness (QED) is 0.313. The minimum Gasteiger partial charge on any atom is -0.463 e. The SMILES string of the molecule is CCCCCCOCCOCCOC(=O)C(CC)CCCC. The average Bonchev–Trinajstić information content (AvgIpc) is 2.53. The Balaban J connectivity index is 3.35. The highest BCUT2D eigenvalue weighted by Crippen LogP contribution is 2.14. The second kappa shape index (κ2) is 16.8. The van der Waals surface area contributed by atoms with Crippen molar-refractivity contribution >= 4 is 5.97 Å². The van der Waals surface area contributed by atoms with Gasteiger partial charge in [-0.3, -0.25) is 4.79 Å². The highest BCUT2D eigenvalue weighted by atomic mass is 16.6. The van der Waals surface area contributed by atoms with Crippen LogP contribution in [0.25, 0.3) is 0 Å². The van der Waals surface area contributed by atoms with Crippen LogP contribution in [0.1, 0.15) is 72.1 Å². The lowest BCUT2D eigenvalue weighted by Gasteiger charge is -2.13. The molecule has 0 saturated heterocycles. The molecule has 0 aliphatic rings. The van der Waals surface area contributed by atoms with Crippen molar-refractivity contribution in [3.63, 3.8) is 0 Å². The van der Waals surface area contributed by atoms with Crippen LogP contribution in [0.15, 0.2) is 0 Å². The normalized spacial score (nSPS) is 12.3. The van der Waals surface area contributed by atoms with Crippen LogP contribution in [0.4, 0.5) is 0 Å². The van der Waals surface area contributed by atoms with Crippen LogP contribution in [0.2, 0.25) is 0 Å². The van der Waals surface area contributed by atoms with Gasteiger partial charge in [-0.25, -0.2) is 0 Å². The molecular weight excluding hydrogens is 280 g/mol. The van der Waals surface area contributed by atoms with E-state index in [2.05, 4.69) is 13.8 Å². The molecule has 0 saturated carbocycles. The summed E-state index contributed by atoms with van der Waals surface area (Å²) in [6.07, 6.45) is 8.88. The summed E-state index contributed by atoms with van der Waals surface area (Å²) >= 11 is 0. The first-order valence-electron chi connectivity index (χ1n) is 9.08. The fraction of sp³-hybridized carbons (Fsp3) is 0.944. The standard InChI is InChI=1S/C18H36O4/c1-4-7-9-10-12-20-13-14-21-15-16-22-18(19)17(6-3)11-8-5-2/h17H,4-16H2,1-3H3. The van der Waals surface area contributed by atoms with Gasteiger partial charge in [-0.2, -0.15) is 0 Å². The molecule has 0 aromatic heterocycles. The summed E-state index contributed by atoms with van der Waals surface area (Å²) in [6, 6.07) is 0. The van der Waals surface area contributed by atoms with Crippen LogP contribution in [-0.2, 0) is 19.0 Å². The number of unbranched alkanes of at least 4 members (excludes halogenated alkanes) is 4. The van der Waals surface area contributed by atoms with E-state index < -0.39 is 0 Å². The van der Waals surface area contributed by atoms with Crippen molar-refractivity contribution in [3.8, 4) is 0 Å². The van der Waals surface area contributed by atoms with Crippen molar-refractivity contribution in [1.82, 2.24) is 0 Å². The molecule has 0 aliphatic carbocycles. The third-order valence-electron chi connectivity index (χ3n) is 3.72. The smallest absolute Gasteiger partial charge is 0.308 e. The lowest BCUT2D eigenvalue weighted by molar-refractivity contribution is -0.150. The summed E-state index contributed by atoms with van der Waals surface area (Å²) in [5.74, 6) is -0.0295. The van der Waals surface area contributed by atoms with Crippen molar-refractivity contribution in [2.45, 2.75) is 72.1 Å². The molecule has 1 unspecified atom stereocenters. The predicted molar refractivity (Wildman–Crippen MR) is 90.0 cm³/mol. The van der Waals surface area contributed by atoms with Gasteiger partial charge in [0.1, 0.15) is 6.61 Å². The number of rotatable bonds is 16. The van der Waals surface area contributed by atoms with Gasteiger partial charge in [-0.15, -0.1) is 0 Å². The molecule has 132 valence electrons. The zero-order valence-corrected chi connectivity index (χ0v) is 14.9. The number of esters is 1. The number of hydrogen-bond donors (Lipinski definition) is 0. The van der Waals surface area contributed by atoms with Gasteiger partial charge in [0.2, 0.25) is 0 Å². The Labute approximate surface area is 136 Å². The topological polar surface area (TPSA) is 44.8 Å². The molecule has 0 aliphatic heterocycles. The molecule has 0 bridgehead atoms. The van der Waals surface area contributed by atoms with Crippen molar-refractivity contribution in [1.29, 1.82) is 0 Å². The summed E-state index contributed by atoms with van der Waals surface area (Å²) in [5.41, 5.74) is 0. The molecule has 22 heavy (non-hydrogen) atoms. The molecule has 0 radical (unpaired) electrons. The Bertz CT molecular complexity index is 243. The predicted octanol–water partition coefficient (Wildman–Crippen LogP) is 4.36. The first-order valence-corrected chi connectivity index (χ1v) is 9.08. The van der Waals surface area contributed by atoms with Gasteiger partial charge in [-0.1, -0.05) is 52.9 Å². The van der Waals surface area contributed by atoms with Crippen molar-refractivity contribution in [2.24, 2.45) is 5.92 Å². The maximum Gasteiger partial charge on any atom is 0.308 e. The zero-order valence-electron chi connectivity index (χ0n) is 14.9. The van der Waals surface area contributed by atoms with E-state index in [1.165, 1.54) is 19.3 Å². The number of carbonyl (C=O) groups excluding carboxylic acids is 1. The fourth-order valence-corrected chi connectivity index (χ4v) is 2.21. The van der Waals surface area contributed by atoms with Crippen molar-refractivity contribution in [2.75, 3.05) is 33.0 Å². The van der Waals surface area contributed by atoms with E-state index in [1.807, 2.05) is 6.92 Å². The Morgan fingerprint density at radius 3 is 2.05 bits per heavy atom. The monoisotopic (exact) mass is 316 g/mol. The summed E-state index contributed by atoms with van der Waals surface area (Å²) in [4.78, 5) is 11.8. The highest BCUT2D eigenvalue weighted by Gasteiger charge is 2.16. The minimum atomic E-state index is -0.0771. The number of carbonyl (C=O) groups is 1. The fourth-order valence-electron chi connectivity index (χ4n) is 2.21. The van der Waals surface area contributed by atoms with E-state index in [0.29, 0.717) is 26.4 Å². The molecule has 4 nitrogen and oxygen atoms in total. The molecule has 0 spiro atoms. The summed E-state index contributed by atoms with van der Waals surface area (Å²) < 4.78 is 16.1. The lowest BCUT2D eigenvalue weighted by atomic mass is 10.00. The van der Waals surface area contributed by atoms with Gasteiger partial charge >= 0.3 is 5.97 Å². The number of ether oxygens (including phenoxy) is 3. The largest absolute Gasteiger partial charge is 0.463 e. The zero-order chi connectivity index (χ0) is 16.5. The van der Waals surface area contributed by atoms with E-state index >= 15 is 0 Å². The van der Waals surface area contributed by atoms with Gasteiger partial charge in [0.15, 0.2) is 0 Å². The van der Waals surface area contributed by atoms with Gasteiger partial charge in [-0.05, 0) is 19.3 Å². The second-order valence-electron chi connectivity index (χ2n) is 5.70. The van der Waals surface area contributed by atoms with Crippen LogP contribution >= 0.6 is 0 Å². The molecule has 0 amide bonds. The van der Waals surface area contributed by atoms with Crippen LogP contribution in [0.5, 0.6) is 0 Å². The van der Waals surface area contributed by atoms with Crippen molar-refractivity contribution < 1.29 is 19.0 Å².